The Balaban J connectivity index is 1.88. The molecule has 0 spiro atoms. The molecule has 1 atom stereocenters. The van der Waals surface area contributed by atoms with Gasteiger partial charge < -0.3 is 10.4 Å². The maximum Gasteiger partial charge on any atom is 0.341 e. The van der Waals surface area contributed by atoms with Gasteiger partial charge in [0.05, 0.1) is 10.4 Å². The highest BCUT2D eigenvalue weighted by Gasteiger charge is 2.49. The molecular formula is C25H18Cl2N2O3. The zero-order chi connectivity index (χ0) is 22.9. The second kappa shape index (κ2) is 8.61. The van der Waals surface area contributed by atoms with Crippen LogP contribution >= 0.6 is 23.2 Å². The normalized spacial score (nSPS) is 16.8. The zero-order valence-corrected chi connectivity index (χ0v) is 18.3. The van der Waals surface area contributed by atoms with E-state index in [0.717, 1.165) is 5.56 Å². The summed E-state index contributed by atoms with van der Waals surface area (Å²) in [6.45, 7) is 4.21. The molecule has 5 nitrogen and oxygen atoms in total. The highest BCUT2D eigenvalue weighted by Crippen LogP contribution is 2.40. The van der Waals surface area contributed by atoms with Crippen molar-refractivity contribution in [2.45, 2.75) is 12.1 Å². The molecule has 7 heteroatoms. The fourth-order valence-electron chi connectivity index (χ4n) is 3.85. The van der Waals surface area contributed by atoms with Crippen LogP contribution in [0.1, 0.15) is 11.1 Å². The van der Waals surface area contributed by atoms with E-state index in [9.17, 15) is 14.7 Å². The van der Waals surface area contributed by atoms with E-state index in [1.807, 2.05) is 30.3 Å². The van der Waals surface area contributed by atoms with Gasteiger partial charge in [0.15, 0.2) is 0 Å². The lowest BCUT2D eigenvalue weighted by Gasteiger charge is -2.27. The number of amides is 1. The smallest absolute Gasteiger partial charge is 0.341 e. The van der Waals surface area contributed by atoms with Gasteiger partial charge in [0, 0.05) is 27.9 Å². The van der Waals surface area contributed by atoms with Gasteiger partial charge in [-0.1, -0.05) is 90.4 Å². The Hall–Kier alpha value is -3.41. The van der Waals surface area contributed by atoms with Crippen LogP contribution in [0.25, 0.3) is 5.57 Å². The molecule has 1 aliphatic heterocycles. The molecule has 0 aliphatic carbocycles. The first-order valence-electron chi connectivity index (χ1n) is 9.74. The summed E-state index contributed by atoms with van der Waals surface area (Å²) in [7, 11) is 0. The Bertz CT molecular complexity index is 1360. The van der Waals surface area contributed by atoms with Gasteiger partial charge in [0.25, 0.3) is 5.91 Å². The van der Waals surface area contributed by atoms with Crippen molar-refractivity contribution in [3.05, 3.63) is 117 Å². The topological polar surface area (TPSA) is 78.8 Å². The van der Waals surface area contributed by atoms with Crippen molar-refractivity contribution in [1.82, 2.24) is 5.32 Å². The molecule has 3 aromatic rings. The van der Waals surface area contributed by atoms with Crippen LogP contribution in [0, 0.1) is 0 Å². The van der Waals surface area contributed by atoms with E-state index in [4.69, 9.17) is 23.2 Å². The van der Waals surface area contributed by atoms with E-state index in [1.165, 1.54) is 12.1 Å². The maximum absolute atomic E-state index is 13.1. The number of carbonyl (C=O) groups excluding carboxylic acids is 1. The number of hydrogen-bond donors (Lipinski definition) is 2. The van der Waals surface area contributed by atoms with Gasteiger partial charge in [0.2, 0.25) is 5.54 Å². The van der Waals surface area contributed by atoms with Gasteiger partial charge in [-0.25, -0.2) is 4.79 Å². The van der Waals surface area contributed by atoms with Crippen molar-refractivity contribution >= 4 is 40.7 Å². The first-order chi connectivity index (χ1) is 15.3. The third-order valence-corrected chi connectivity index (χ3v) is 5.82. The number of rotatable bonds is 6. The second-order valence-corrected chi connectivity index (χ2v) is 8.14. The largest absolute Gasteiger partial charge is 0.479 e. The number of nitrogens with zero attached hydrogens (tertiary/aromatic N) is 1. The molecule has 0 saturated heterocycles. The average Bonchev–Trinajstić information content (AvgIpc) is 3.14. The molecule has 0 saturated carbocycles. The second-order valence-electron chi connectivity index (χ2n) is 7.30. The van der Waals surface area contributed by atoms with Crippen molar-refractivity contribution in [1.29, 1.82) is 0 Å². The molecule has 0 aromatic heterocycles. The molecular weight excluding hydrogens is 447 g/mol. The summed E-state index contributed by atoms with van der Waals surface area (Å²) in [6, 6.07) is 20.9. The van der Waals surface area contributed by atoms with Crippen molar-refractivity contribution in [3.8, 4) is 0 Å². The Morgan fingerprint density at radius 3 is 2.25 bits per heavy atom. The minimum atomic E-state index is -1.89. The summed E-state index contributed by atoms with van der Waals surface area (Å²) in [5, 5.41) is 14.3. The number of halogens is 2. The number of benzene rings is 3. The molecule has 2 N–H and O–H groups in total. The molecule has 1 amide bonds. The summed E-state index contributed by atoms with van der Waals surface area (Å²) >= 11 is 12.6. The lowest BCUT2D eigenvalue weighted by atomic mass is 9.79. The first kappa shape index (κ1) is 21.8. The van der Waals surface area contributed by atoms with Gasteiger partial charge in [-0.3, -0.25) is 9.79 Å². The SMILES string of the molecule is C=C(C(=O)NCc1ccccc1)C1=c2c(Cl)cc(Cl)cc2=NC1(C(=O)O)c1ccccc1. The Morgan fingerprint density at radius 1 is 1.00 bits per heavy atom. The van der Waals surface area contributed by atoms with Crippen LogP contribution in [0.4, 0.5) is 0 Å². The van der Waals surface area contributed by atoms with Crippen LogP contribution in [0.5, 0.6) is 0 Å². The quantitative estimate of drug-likeness (QED) is 0.546. The molecule has 0 radical (unpaired) electrons. The molecule has 0 bridgehead atoms. The lowest BCUT2D eigenvalue weighted by Crippen LogP contribution is -2.39. The van der Waals surface area contributed by atoms with Gasteiger partial charge in [0.1, 0.15) is 0 Å². The summed E-state index contributed by atoms with van der Waals surface area (Å²) < 4.78 is 0. The van der Waals surface area contributed by atoms with E-state index in [0.29, 0.717) is 21.2 Å². The van der Waals surface area contributed by atoms with E-state index in [1.54, 1.807) is 30.3 Å². The molecule has 160 valence electrons. The first-order valence-corrected chi connectivity index (χ1v) is 10.5. The highest BCUT2D eigenvalue weighted by atomic mass is 35.5. The number of fused-ring (bicyclic) bond motifs is 1. The zero-order valence-electron chi connectivity index (χ0n) is 16.8. The van der Waals surface area contributed by atoms with Crippen molar-refractivity contribution < 1.29 is 14.7 Å². The molecule has 4 rings (SSSR count). The van der Waals surface area contributed by atoms with Gasteiger partial charge in [-0.2, -0.15) is 0 Å². The van der Waals surface area contributed by atoms with Crippen LogP contribution in [0.15, 0.2) is 89.9 Å². The van der Waals surface area contributed by atoms with E-state index < -0.39 is 17.4 Å². The molecule has 0 fully saturated rings. The van der Waals surface area contributed by atoms with Crippen LogP contribution in [0.2, 0.25) is 10.0 Å². The highest BCUT2D eigenvalue weighted by molar-refractivity contribution is 6.35. The number of aliphatic carboxylic acids is 1. The number of carbonyl (C=O) groups is 2. The standard InChI is InChI=1S/C25H18Cl2N2O3/c1-15(23(30)28-14-16-8-4-2-5-9-16)22-21-19(27)12-18(26)13-20(21)29-25(22,24(31)32)17-10-6-3-7-11-17/h2-13H,1,14H2,(H,28,30)(H,31,32). The summed E-state index contributed by atoms with van der Waals surface area (Å²) in [5.74, 6) is -1.77. The number of carboxylic acid groups (broad SMARTS) is 1. The lowest BCUT2D eigenvalue weighted by molar-refractivity contribution is -0.141. The van der Waals surface area contributed by atoms with E-state index in [-0.39, 0.29) is 22.7 Å². The fraction of sp³-hybridized carbons (Fsp3) is 0.0800. The van der Waals surface area contributed by atoms with Crippen molar-refractivity contribution in [2.24, 2.45) is 4.99 Å². The Morgan fingerprint density at radius 2 is 1.62 bits per heavy atom. The van der Waals surface area contributed by atoms with Crippen LogP contribution in [-0.4, -0.2) is 17.0 Å². The van der Waals surface area contributed by atoms with Crippen LogP contribution < -0.4 is 15.9 Å². The van der Waals surface area contributed by atoms with Crippen molar-refractivity contribution in [3.63, 3.8) is 0 Å². The van der Waals surface area contributed by atoms with E-state index in [2.05, 4.69) is 16.9 Å². The van der Waals surface area contributed by atoms with Gasteiger partial charge in [-0.15, -0.1) is 0 Å². The molecule has 32 heavy (non-hydrogen) atoms. The monoisotopic (exact) mass is 464 g/mol. The minimum Gasteiger partial charge on any atom is -0.479 e. The average molecular weight is 465 g/mol. The Kier molecular flexibility index (Phi) is 5.87. The maximum atomic E-state index is 13.1. The van der Waals surface area contributed by atoms with Crippen molar-refractivity contribution in [2.75, 3.05) is 0 Å². The third-order valence-electron chi connectivity index (χ3n) is 5.31. The summed E-state index contributed by atoms with van der Waals surface area (Å²) in [5.41, 5.74) is -0.521. The predicted octanol–water partition coefficient (Wildman–Crippen LogP) is 3.63. The van der Waals surface area contributed by atoms with Gasteiger partial charge in [-0.05, 0) is 23.3 Å². The molecule has 1 aliphatic rings. The molecule has 3 aromatic carbocycles. The fourth-order valence-corrected chi connectivity index (χ4v) is 4.42. The van der Waals surface area contributed by atoms with Crippen LogP contribution in [-0.2, 0) is 21.7 Å². The molecule has 1 unspecified atom stereocenters. The van der Waals surface area contributed by atoms with E-state index >= 15 is 0 Å². The predicted molar refractivity (Wildman–Crippen MR) is 124 cm³/mol. The molecule has 1 heterocycles. The summed E-state index contributed by atoms with van der Waals surface area (Å²) in [4.78, 5) is 30.4. The summed E-state index contributed by atoms with van der Waals surface area (Å²) in [6.07, 6.45) is 0. The van der Waals surface area contributed by atoms with Gasteiger partial charge >= 0.3 is 5.97 Å². The Labute approximate surface area is 194 Å². The number of carboxylic acids is 1. The number of hydrogen-bond acceptors (Lipinski definition) is 3. The minimum absolute atomic E-state index is 0.0288. The van der Waals surface area contributed by atoms with Crippen LogP contribution in [0.3, 0.4) is 0 Å². The third kappa shape index (κ3) is 3.70. The number of nitrogens with one attached hydrogen (secondary N) is 1.